The number of carbonyl (C=O) groups excluding carboxylic acids is 1. The molecule has 2 aromatic rings. The van der Waals surface area contributed by atoms with Crippen LogP contribution in [0.1, 0.15) is 21.5 Å². The lowest BCUT2D eigenvalue weighted by Gasteiger charge is -2.11. The van der Waals surface area contributed by atoms with E-state index in [1.807, 2.05) is 37.3 Å². The lowest BCUT2D eigenvalue weighted by molar-refractivity contribution is 0.0999. The number of nitrogens with two attached hydrogens (primary N) is 1. The Morgan fingerprint density at radius 2 is 2.00 bits per heavy atom. The van der Waals surface area contributed by atoms with Gasteiger partial charge < -0.3 is 11.1 Å². The molecule has 19 heavy (non-hydrogen) atoms. The molecular weight excluding hydrogens is 260 g/mol. The van der Waals surface area contributed by atoms with Crippen LogP contribution in [0, 0.1) is 6.92 Å². The number of hydrogen-bond donors (Lipinski definition) is 2. The van der Waals surface area contributed by atoms with Crippen molar-refractivity contribution in [2.45, 2.75) is 13.5 Å². The summed E-state index contributed by atoms with van der Waals surface area (Å²) in [4.78, 5) is 11.3. The molecule has 0 radical (unpaired) electrons. The number of anilines is 1. The van der Waals surface area contributed by atoms with Crippen LogP contribution in [0.25, 0.3) is 0 Å². The van der Waals surface area contributed by atoms with Gasteiger partial charge >= 0.3 is 0 Å². The summed E-state index contributed by atoms with van der Waals surface area (Å²) >= 11 is 6.11. The zero-order valence-corrected chi connectivity index (χ0v) is 11.4. The number of primary amides is 1. The molecule has 0 heterocycles. The summed E-state index contributed by atoms with van der Waals surface area (Å²) in [5.41, 5.74) is 8.69. The summed E-state index contributed by atoms with van der Waals surface area (Å²) in [6.07, 6.45) is 0. The normalized spacial score (nSPS) is 10.2. The Labute approximate surface area is 117 Å². The molecule has 0 spiro atoms. The van der Waals surface area contributed by atoms with Crippen molar-refractivity contribution < 1.29 is 4.79 Å². The standard InChI is InChI=1S/C15H15ClN2O/c1-10-6-7-13(16)14(8-10)18-9-11-4-2-3-5-12(11)15(17)19/h2-8,18H,9H2,1H3,(H2,17,19). The van der Waals surface area contributed by atoms with Gasteiger partial charge in [-0.05, 0) is 36.2 Å². The third-order valence-electron chi connectivity index (χ3n) is 2.87. The summed E-state index contributed by atoms with van der Waals surface area (Å²) in [6, 6.07) is 13.0. The first-order valence-corrected chi connectivity index (χ1v) is 6.33. The molecule has 98 valence electrons. The molecule has 0 saturated heterocycles. The molecule has 2 aromatic carbocycles. The molecule has 0 fully saturated rings. The fourth-order valence-electron chi connectivity index (χ4n) is 1.88. The first-order chi connectivity index (χ1) is 9.08. The van der Waals surface area contributed by atoms with Crippen LogP contribution in [0.4, 0.5) is 5.69 Å². The number of benzene rings is 2. The van der Waals surface area contributed by atoms with Crippen molar-refractivity contribution in [1.82, 2.24) is 0 Å². The molecule has 0 unspecified atom stereocenters. The molecule has 1 amide bonds. The van der Waals surface area contributed by atoms with Gasteiger partial charge in [-0.2, -0.15) is 0 Å². The van der Waals surface area contributed by atoms with Gasteiger partial charge in [0.1, 0.15) is 0 Å². The van der Waals surface area contributed by atoms with E-state index in [4.69, 9.17) is 17.3 Å². The van der Waals surface area contributed by atoms with Crippen molar-refractivity contribution >= 4 is 23.2 Å². The van der Waals surface area contributed by atoms with Crippen LogP contribution in [0.3, 0.4) is 0 Å². The molecule has 0 aliphatic carbocycles. The third-order valence-corrected chi connectivity index (χ3v) is 3.20. The van der Waals surface area contributed by atoms with Gasteiger partial charge in [0.25, 0.3) is 0 Å². The maximum Gasteiger partial charge on any atom is 0.249 e. The summed E-state index contributed by atoms with van der Waals surface area (Å²) in [5.74, 6) is -0.423. The average molecular weight is 275 g/mol. The topological polar surface area (TPSA) is 55.1 Å². The van der Waals surface area contributed by atoms with E-state index >= 15 is 0 Å². The number of carbonyl (C=O) groups is 1. The minimum Gasteiger partial charge on any atom is -0.380 e. The fraction of sp³-hybridized carbons (Fsp3) is 0.133. The van der Waals surface area contributed by atoms with Crippen LogP contribution in [0.5, 0.6) is 0 Å². The van der Waals surface area contributed by atoms with Gasteiger partial charge in [-0.1, -0.05) is 35.9 Å². The Hall–Kier alpha value is -2.00. The summed E-state index contributed by atoms with van der Waals surface area (Å²) in [7, 11) is 0. The van der Waals surface area contributed by atoms with E-state index in [-0.39, 0.29) is 0 Å². The maximum absolute atomic E-state index is 11.3. The van der Waals surface area contributed by atoms with Crippen LogP contribution in [-0.4, -0.2) is 5.91 Å². The summed E-state index contributed by atoms with van der Waals surface area (Å²) < 4.78 is 0. The SMILES string of the molecule is Cc1ccc(Cl)c(NCc2ccccc2C(N)=O)c1. The van der Waals surface area contributed by atoms with Crippen LogP contribution >= 0.6 is 11.6 Å². The lowest BCUT2D eigenvalue weighted by Crippen LogP contribution is -2.15. The van der Waals surface area contributed by atoms with Gasteiger partial charge in [-0.25, -0.2) is 0 Å². The number of nitrogens with one attached hydrogen (secondary N) is 1. The highest BCUT2D eigenvalue weighted by atomic mass is 35.5. The van der Waals surface area contributed by atoms with Gasteiger partial charge in [0, 0.05) is 12.1 Å². The Morgan fingerprint density at radius 1 is 1.26 bits per heavy atom. The molecule has 3 N–H and O–H groups in total. The molecule has 0 aliphatic heterocycles. The van der Waals surface area contributed by atoms with E-state index in [9.17, 15) is 4.79 Å². The predicted molar refractivity (Wildman–Crippen MR) is 78.5 cm³/mol. The van der Waals surface area contributed by atoms with Gasteiger partial charge in [0.15, 0.2) is 0 Å². The molecule has 4 heteroatoms. The zero-order valence-electron chi connectivity index (χ0n) is 10.6. The number of hydrogen-bond acceptors (Lipinski definition) is 2. The minimum absolute atomic E-state index is 0.423. The number of rotatable bonds is 4. The molecule has 0 atom stereocenters. The molecule has 0 saturated carbocycles. The van der Waals surface area contributed by atoms with Gasteiger partial charge in [-0.3, -0.25) is 4.79 Å². The average Bonchev–Trinajstić information content (AvgIpc) is 2.40. The number of amides is 1. The number of halogens is 1. The van der Waals surface area contributed by atoms with E-state index in [2.05, 4.69) is 5.32 Å². The lowest BCUT2D eigenvalue weighted by atomic mass is 10.1. The minimum atomic E-state index is -0.423. The maximum atomic E-state index is 11.3. The van der Waals surface area contributed by atoms with Gasteiger partial charge in [0.2, 0.25) is 5.91 Å². The van der Waals surface area contributed by atoms with Crippen molar-refractivity contribution in [2.75, 3.05) is 5.32 Å². The van der Waals surface area contributed by atoms with Crippen molar-refractivity contribution in [3.8, 4) is 0 Å². The van der Waals surface area contributed by atoms with E-state index in [1.54, 1.807) is 12.1 Å². The molecule has 0 aromatic heterocycles. The van der Waals surface area contributed by atoms with E-state index in [0.717, 1.165) is 16.8 Å². The Balaban J connectivity index is 2.19. The van der Waals surface area contributed by atoms with Crippen LogP contribution < -0.4 is 11.1 Å². The second-order valence-corrected chi connectivity index (χ2v) is 4.77. The van der Waals surface area contributed by atoms with Crippen molar-refractivity contribution in [1.29, 1.82) is 0 Å². The van der Waals surface area contributed by atoms with E-state index < -0.39 is 5.91 Å². The van der Waals surface area contributed by atoms with Gasteiger partial charge in [-0.15, -0.1) is 0 Å². The molecule has 0 bridgehead atoms. The summed E-state index contributed by atoms with van der Waals surface area (Å²) in [5, 5.41) is 3.88. The molecule has 3 nitrogen and oxygen atoms in total. The first-order valence-electron chi connectivity index (χ1n) is 5.95. The highest BCUT2D eigenvalue weighted by molar-refractivity contribution is 6.33. The predicted octanol–water partition coefficient (Wildman–Crippen LogP) is 3.36. The monoisotopic (exact) mass is 274 g/mol. The molecule has 0 aliphatic rings. The zero-order chi connectivity index (χ0) is 13.8. The Bertz CT molecular complexity index is 611. The third kappa shape index (κ3) is 3.26. The van der Waals surface area contributed by atoms with Crippen molar-refractivity contribution in [3.63, 3.8) is 0 Å². The summed E-state index contributed by atoms with van der Waals surface area (Å²) in [6.45, 7) is 2.50. The van der Waals surface area contributed by atoms with E-state index in [1.165, 1.54) is 0 Å². The van der Waals surface area contributed by atoms with Gasteiger partial charge in [0.05, 0.1) is 10.7 Å². The smallest absolute Gasteiger partial charge is 0.249 e. The molecule has 2 rings (SSSR count). The second kappa shape index (κ2) is 5.76. The molecular formula is C15H15ClN2O. The van der Waals surface area contributed by atoms with Crippen LogP contribution in [0.2, 0.25) is 5.02 Å². The number of aryl methyl sites for hydroxylation is 1. The van der Waals surface area contributed by atoms with Crippen LogP contribution in [0.15, 0.2) is 42.5 Å². The highest BCUT2D eigenvalue weighted by Crippen LogP contribution is 2.23. The Kier molecular flexibility index (Phi) is 4.07. The fourth-order valence-corrected chi connectivity index (χ4v) is 2.06. The van der Waals surface area contributed by atoms with Crippen LogP contribution in [-0.2, 0) is 6.54 Å². The Morgan fingerprint density at radius 3 is 2.74 bits per heavy atom. The van der Waals surface area contributed by atoms with E-state index in [0.29, 0.717) is 17.1 Å². The highest BCUT2D eigenvalue weighted by Gasteiger charge is 2.07. The van der Waals surface area contributed by atoms with Crippen molar-refractivity contribution in [2.24, 2.45) is 5.73 Å². The largest absolute Gasteiger partial charge is 0.380 e. The second-order valence-electron chi connectivity index (χ2n) is 4.36. The quantitative estimate of drug-likeness (QED) is 0.898. The first kappa shape index (κ1) is 13.4. The van der Waals surface area contributed by atoms with Crippen molar-refractivity contribution in [3.05, 3.63) is 64.2 Å².